The molecule has 1 aliphatic heterocycles. The first-order valence-electron chi connectivity index (χ1n) is 8.73. The predicted molar refractivity (Wildman–Crippen MR) is 94.9 cm³/mol. The Morgan fingerprint density at radius 3 is 2.10 bits per heavy atom. The number of morpholine rings is 1. The summed E-state index contributed by atoms with van der Waals surface area (Å²) >= 11 is 0. The minimum Gasteiger partial charge on any atom is -0.370 e. The summed E-state index contributed by atoms with van der Waals surface area (Å²) in [6.45, 7) is -3.89. The van der Waals surface area contributed by atoms with Crippen LogP contribution in [-0.4, -0.2) is 73.9 Å². The van der Waals surface area contributed by atoms with Crippen molar-refractivity contribution >= 4 is 29.1 Å². The minimum atomic E-state index is -5.12. The summed E-state index contributed by atoms with van der Waals surface area (Å²) in [4.78, 5) is 36.7. The van der Waals surface area contributed by atoms with Crippen molar-refractivity contribution in [2.24, 2.45) is 5.73 Å². The second kappa shape index (κ2) is 9.51. The van der Waals surface area contributed by atoms with Crippen molar-refractivity contribution in [3.63, 3.8) is 0 Å². The largest absolute Gasteiger partial charge is 0.401 e. The van der Waals surface area contributed by atoms with Crippen LogP contribution in [0.25, 0.3) is 0 Å². The number of halogens is 6. The van der Waals surface area contributed by atoms with Crippen molar-refractivity contribution in [3.8, 4) is 0 Å². The first-order chi connectivity index (χ1) is 14.3. The van der Waals surface area contributed by atoms with Crippen LogP contribution in [-0.2, 0) is 19.1 Å². The molecule has 1 saturated heterocycles. The number of carbonyl (C=O) groups excluding carboxylic acids is 3. The van der Waals surface area contributed by atoms with Crippen LogP contribution >= 0.6 is 0 Å². The maximum atomic E-state index is 12.7. The van der Waals surface area contributed by atoms with E-state index in [0.717, 1.165) is 0 Å². The van der Waals surface area contributed by atoms with E-state index in [1.165, 1.54) is 29.2 Å². The third-order valence-corrected chi connectivity index (χ3v) is 4.08. The predicted octanol–water partition coefficient (Wildman–Crippen LogP) is 1.27. The topological polar surface area (TPSA) is 105 Å². The first-order valence-corrected chi connectivity index (χ1v) is 8.73. The number of nitrogens with two attached hydrogens (primary N) is 1. The number of primary amides is 1. The molecular weight excluding hydrogens is 438 g/mol. The van der Waals surface area contributed by atoms with Crippen LogP contribution in [0.4, 0.5) is 37.7 Å². The van der Waals surface area contributed by atoms with Crippen molar-refractivity contribution in [1.82, 2.24) is 4.90 Å². The number of ether oxygens (including phenoxy) is 1. The Hall–Kier alpha value is -2.87. The SMILES string of the molecule is NC(=O)[C@@H](C(=O)Nc1ccc(N2CCOCC2=O)cc1)N(CC(F)(F)F)CC(F)(F)F. The molecule has 2 rings (SSSR count). The molecule has 0 spiro atoms. The zero-order valence-electron chi connectivity index (χ0n) is 15.8. The highest BCUT2D eigenvalue weighted by atomic mass is 19.4. The lowest BCUT2D eigenvalue weighted by molar-refractivity contribution is -0.187. The van der Waals surface area contributed by atoms with Gasteiger partial charge in [-0.2, -0.15) is 26.3 Å². The molecule has 14 heteroatoms. The third kappa shape index (κ3) is 7.40. The zero-order valence-corrected chi connectivity index (χ0v) is 15.8. The van der Waals surface area contributed by atoms with E-state index in [2.05, 4.69) is 5.32 Å². The molecule has 3 amide bonds. The van der Waals surface area contributed by atoms with E-state index in [1.54, 1.807) is 0 Å². The quantitative estimate of drug-likeness (QED) is 0.475. The highest BCUT2D eigenvalue weighted by Crippen LogP contribution is 2.25. The van der Waals surface area contributed by atoms with E-state index in [1.807, 2.05) is 0 Å². The maximum Gasteiger partial charge on any atom is 0.401 e. The highest BCUT2D eigenvalue weighted by Gasteiger charge is 2.44. The Morgan fingerprint density at radius 2 is 1.65 bits per heavy atom. The van der Waals surface area contributed by atoms with Crippen LogP contribution in [0, 0.1) is 0 Å². The fraction of sp³-hybridized carbons (Fsp3) is 0.471. The molecule has 0 unspecified atom stereocenters. The van der Waals surface area contributed by atoms with Gasteiger partial charge in [0.25, 0.3) is 11.8 Å². The number of hydrogen-bond acceptors (Lipinski definition) is 5. The number of amides is 3. The second-order valence-electron chi connectivity index (χ2n) is 6.57. The van der Waals surface area contributed by atoms with Gasteiger partial charge in [0.1, 0.15) is 6.61 Å². The van der Waals surface area contributed by atoms with Gasteiger partial charge in [0, 0.05) is 17.9 Å². The van der Waals surface area contributed by atoms with Gasteiger partial charge in [-0.1, -0.05) is 0 Å². The van der Waals surface area contributed by atoms with E-state index in [9.17, 15) is 40.7 Å². The molecule has 1 atom stereocenters. The Kier molecular flexibility index (Phi) is 7.49. The molecule has 0 bridgehead atoms. The molecule has 8 nitrogen and oxygen atoms in total. The van der Waals surface area contributed by atoms with Gasteiger partial charge in [-0.3, -0.25) is 19.3 Å². The number of rotatable bonds is 7. The Bertz CT molecular complexity index is 796. The molecule has 172 valence electrons. The molecule has 0 radical (unpaired) electrons. The summed E-state index contributed by atoms with van der Waals surface area (Å²) < 4.78 is 81.3. The molecule has 1 aliphatic rings. The fourth-order valence-electron chi connectivity index (χ4n) is 2.90. The van der Waals surface area contributed by atoms with E-state index >= 15 is 0 Å². The molecule has 31 heavy (non-hydrogen) atoms. The normalized spacial score (nSPS) is 16.4. The molecule has 1 heterocycles. The third-order valence-electron chi connectivity index (χ3n) is 4.08. The van der Waals surface area contributed by atoms with E-state index in [4.69, 9.17) is 10.5 Å². The first kappa shape index (κ1) is 24.4. The number of benzene rings is 1. The summed E-state index contributed by atoms with van der Waals surface area (Å²) in [7, 11) is 0. The zero-order chi connectivity index (χ0) is 23.4. The standard InChI is InChI=1S/C17H18F6N4O4/c18-16(19,20)8-26(9-17(21,22)23)13(14(24)29)15(30)25-10-1-3-11(4-2-10)27-5-6-31-7-12(27)28/h1-4,13H,5-9H2,(H2,24,29)(H,25,30)/t13-/m0/s1. The van der Waals surface area contributed by atoms with Crippen LogP contribution in [0.15, 0.2) is 24.3 Å². The lowest BCUT2D eigenvalue weighted by atomic mass is 10.2. The molecule has 0 aromatic heterocycles. The van der Waals surface area contributed by atoms with Gasteiger partial charge in [-0.15, -0.1) is 0 Å². The summed E-state index contributed by atoms with van der Waals surface area (Å²) in [6.07, 6.45) is -10.2. The Balaban J connectivity index is 2.18. The average Bonchev–Trinajstić information content (AvgIpc) is 2.60. The second-order valence-corrected chi connectivity index (χ2v) is 6.57. The minimum absolute atomic E-state index is 0.0281. The van der Waals surface area contributed by atoms with Crippen LogP contribution in [0.3, 0.4) is 0 Å². The lowest BCUT2D eigenvalue weighted by Gasteiger charge is -2.30. The Morgan fingerprint density at radius 1 is 1.10 bits per heavy atom. The van der Waals surface area contributed by atoms with Crippen LogP contribution < -0.4 is 16.0 Å². The number of nitrogens with one attached hydrogen (secondary N) is 1. The molecule has 0 aliphatic carbocycles. The Labute approximate surface area is 171 Å². The number of carbonyl (C=O) groups is 3. The molecule has 1 fully saturated rings. The number of alkyl halides is 6. The van der Waals surface area contributed by atoms with Crippen molar-refractivity contribution in [3.05, 3.63) is 24.3 Å². The molecule has 1 aromatic rings. The summed E-state index contributed by atoms with van der Waals surface area (Å²) in [5.41, 5.74) is 5.35. The van der Waals surface area contributed by atoms with Crippen molar-refractivity contribution in [2.45, 2.75) is 18.4 Å². The smallest absolute Gasteiger partial charge is 0.370 e. The van der Waals surface area contributed by atoms with Gasteiger partial charge < -0.3 is 20.7 Å². The van der Waals surface area contributed by atoms with Gasteiger partial charge in [0.05, 0.1) is 19.7 Å². The number of anilines is 2. The van der Waals surface area contributed by atoms with Gasteiger partial charge in [-0.05, 0) is 24.3 Å². The van der Waals surface area contributed by atoms with Crippen LogP contribution in [0.1, 0.15) is 0 Å². The summed E-state index contributed by atoms with van der Waals surface area (Å²) in [6, 6.07) is 2.82. The maximum absolute atomic E-state index is 12.7. The van der Waals surface area contributed by atoms with Gasteiger partial charge in [0.15, 0.2) is 6.04 Å². The monoisotopic (exact) mass is 456 g/mol. The molecular formula is C17H18F6N4O4. The fourth-order valence-corrected chi connectivity index (χ4v) is 2.90. The van der Waals surface area contributed by atoms with Crippen molar-refractivity contribution in [1.29, 1.82) is 0 Å². The lowest BCUT2D eigenvalue weighted by Crippen LogP contribution is -2.56. The van der Waals surface area contributed by atoms with E-state index in [0.29, 0.717) is 12.3 Å². The molecule has 1 aromatic carbocycles. The van der Waals surface area contributed by atoms with Crippen molar-refractivity contribution in [2.75, 3.05) is 43.1 Å². The molecule has 0 saturated carbocycles. The van der Waals surface area contributed by atoms with Gasteiger partial charge in [-0.25, -0.2) is 0 Å². The average molecular weight is 456 g/mol. The van der Waals surface area contributed by atoms with Gasteiger partial charge >= 0.3 is 12.4 Å². The molecule has 3 N–H and O–H groups in total. The van der Waals surface area contributed by atoms with Crippen LogP contribution in [0.5, 0.6) is 0 Å². The number of nitrogens with zero attached hydrogens (tertiary/aromatic N) is 2. The van der Waals surface area contributed by atoms with E-state index < -0.39 is 48.2 Å². The summed E-state index contributed by atoms with van der Waals surface area (Å²) in [5.74, 6) is -3.45. The highest BCUT2D eigenvalue weighted by molar-refractivity contribution is 6.09. The van der Waals surface area contributed by atoms with Gasteiger partial charge in [0.2, 0.25) is 5.91 Å². The van der Waals surface area contributed by atoms with E-state index in [-0.39, 0.29) is 24.7 Å². The summed E-state index contributed by atoms with van der Waals surface area (Å²) in [5, 5.41) is 2.07. The van der Waals surface area contributed by atoms with Crippen LogP contribution in [0.2, 0.25) is 0 Å². The number of hydrogen-bond donors (Lipinski definition) is 2. The van der Waals surface area contributed by atoms with Crippen molar-refractivity contribution < 1.29 is 45.5 Å².